The van der Waals surface area contributed by atoms with Gasteiger partial charge in [0, 0.05) is 13.2 Å². The minimum Gasteiger partial charge on any atom is -0.467 e. The van der Waals surface area contributed by atoms with Gasteiger partial charge in [-0.25, -0.2) is 0 Å². The minimum absolute atomic E-state index is 0.0801. The predicted octanol–water partition coefficient (Wildman–Crippen LogP) is 1.82. The summed E-state index contributed by atoms with van der Waals surface area (Å²) in [7, 11) is 0. The Morgan fingerprint density at radius 3 is 2.79 bits per heavy atom. The molecule has 0 bridgehead atoms. The van der Waals surface area contributed by atoms with Crippen molar-refractivity contribution in [1.82, 2.24) is 5.32 Å². The van der Waals surface area contributed by atoms with E-state index in [0.717, 1.165) is 12.2 Å². The summed E-state index contributed by atoms with van der Waals surface area (Å²) in [6.45, 7) is 5.48. The Morgan fingerprint density at radius 1 is 1.47 bits per heavy atom. The fourth-order valence-electron chi connectivity index (χ4n) is 1.69. The van der Waals surface area contributed by atoms with Crippen LogP contribution in [0.1, 0.15) is 38.9 Å². The van der Waals surface area contributed by atoms with Gasteiger partial charge < -0.3 is 20.2 Å². The number of carbonyl (C=O) groups excluding carboxylic acids is 1. The molecule has 0 atom stereocenters. The van der Waals surface area contributed by atoms with Gasteiger partial charge in [0.2, 0.25) is 5.91 Å². The van der Waals surface area contributed by atoms with E-state index in [1.807, 2.05) is 26.0 Å². The van der Waals surface area contributed by atoms with E-state index in [0.29, 0.717) is 32.6 Å². The highest BCUT2D eigenvalue weighted by molar-refractivity contribution is 5.85. The maximum Gasteiger partial charge on any atom is 0.240 e. The first-order valence-electron chi connectivity index (χ1n) is 6.79. The average Bonchev–Trinajstić information content (AvgIpc) is 2.94. The summed E-state index contributed by atoms with van der Waals surface area (Å²) in [5, 5.41) is 2.85. The van der Waals surface area contributed by atoms with Gasteiger partial charge in [-0.1, -0.05) is 13.8 Å². The number of hydrogen-bond donors (Lipinski definition) is 2. The first-order valence-corrected chi connectivity index (χ1v) is 6.79. The molecule has 0 unspecified atom stereocenters. The molecule has 0 aliphatic rings. The van der Waals surface area contributed by atoms with Crippen molar-refractivity contribution in [3.63, 3.8) is 0 Å². The highest BCUT2D eigenvalue weighted by Crippen LogP contribution is 2.10. The van der Waals surface area contributed by atoms with E-state index in [4.69, 9.17) is 14.9 Å². The standard InChI is InChI=1S/C14H24N2O3/c1-3-14(15,4-2)13(17)16-8-6-9-18-11-12-7-5-10-19-12/h5,7,10H,3-4,6,8-9,11,15H2,1-2H3,(H,16,17). The number of hydrogen-bond acceptors (Lipinski definition) is 4. The molecule has 1 aromatic heterocycles. The van der Waals surface area contributed by atoms with Crippen LogP contribution < -0.4 is 11.1 Å². The van der Waals surface area contributed by atoms with Crippen LogP contribution in [0.5, 0.6) is 0 Å². The third-order valence-corrected chi connectivity index (χ3v) is 3.29. The Bertz CT molecular complexity index is 359. The smallest absolute Gasteiger partial charge is 0.240 e. The van der Waals surface area contributed by atoms with Gasteiger partial charge in [-0.3, -0.25) is 4.79 Å². The molecule has 0 saturated heterocycles. The van der Waals surface area contributed by atoms with E-state index < -0.39 is 5.54 Å². The van der Waals surface area contributed by atoms with Gasteiger partial charge in [0.1, 0.15) is 12.4 Å². The molecular weight excluding hydrogens is 244 g/mol. The van der Waals surface area contributed by atoms with Crippen molar-refractivity contribution in [3.8, 4) is 0 Å². The Labute approximate surface area is 114 Å². The van der Waals surface area contributed by atoms with Gasteiger partial charge >= 0.3 is 0 Å². The Kier molecular flexibility index (Phi) is 6.59. The summed E-state index contributed by atoms with van der Waals surface area (Å²) in [4.78, 5) is 11.9. The second-order valence-electron chi connectivity index (χ2n) is 4.60. The fraction of sp³-hybridized carbons (Fsp3) is 0.643. The number of carbonyl (C=O) groups is 1. The fourth-order valence-corrected chi connectivity index (χ4v) is 1.69. The lowest BCUT2D eigenvalue weighted by Crippen LogP contribution is -2.53. The molecule has 0 aromatic carbocycles. The second kappa shape index (κ2) is 7.96. The van der Waals surface area contributed by atoms with E-state index >= 15 is 0 Å². The van der Waals surface area contributed by atoms with Gasteiger partial charge in [0.05, 0.1) is 11.8 Å². The van der Waals surface area contributed by atoms with Crippen LogP contribution in [0.15, 0.2) is 22.8 Å². The molecule has 0 fully saturated rings. The van der Waals surface area contributed by atoms with Crippen LogP contribution in [0.2, 0.25) is 0 Å². The zero-order chi connectivity index (χ0) is 14.1. The molecular formula is C14H24N2O3. The number of amides is 1. The predicted molar refractivity (Wildman–Crippen MR) is 73.5 cm³/mol. The molecule has 19 heavy (non-hydrogen) atoms. The second-order valence-corrected chi connectivity index (χ2v) is 4.60. The lowest BCUT2D eigenvalue weighted by molar-refractivity contribution is -0.126. The van der Waals surface area contributed by atoms with Crippen molar-refractivity contribution in [1.29, 1.82) is 0 Å². The molecule has 1 aromatic rings. The number of nitrogens with one attached hydrogen (secondary N) is 1. The third kappa shape index (κ3) is 5.04. The lowest BCUT2D eigenvalue weighted by atomic mass is 9.93. The van der Waals surface area contributed by atoms with E-state index in [2.05, 4.69) is 5.32 Å². The van der Waals surface area contributed by atoms with Gasteiger partial charge in [-0.15, -0.1) is 0 Å². The van der Waals surface area contributed by atoms with E-state index in [-0.39, 0.29) is 5.91 Å². The van der Waals surface area contributed by atoms with Gasteiger partial charge in [0.15, 0.2) is 0 Å². The SMILES string of the molecule is CCC(N)(CC)C(=O)NCCCOCc1ccco1. The first-order chi connectivity index (χ1) is 9.12. The van der Waals surface area contributed by atoms with Crippen molar-refractivity contribution in [2.45, 2.75) is 45.3 Å². The Hall–Kier alpha value is -1.33. The monoisotopic (exact) mass is 268 g/mol. The normalized spacial score (nSPS) is 11.5. The van der Waals surface area contributed by atoms with Crippen LogP contribution in [0.25, 0.3) is 0 Å². The lowest BCUT2D eigenvalue weighted by Gasteiger charge is -2.25. The zero-order valence-corrected chi connectivity index (χ0v) is 11.8. The van der Waals surface area contributed by atoms with Crippen LogP contribution in [-0.2, 0) is 16.1 Å². The van der Waals surface area contributed by atoms with Crippen LogP contribution in [0.3, 0.4) is 0 Å². The van der Waals surface area contributed by atoms with Crippen molar-refractivity contribution in [2.24, 2.45) is 5.73 Å². The summed E-state index contributed by atoms with van der Waals surface area (Å²) in [6, 6.07) is 3.70. The quantitative estimate of drug-likeness (QED) is 0.670. The highest BCUT2D eigenvalue weighted by Gasteiger charge is 2.29. The third-order valence-electron chi connectivity index (χ3n) is 3.29. The van der Waals surface area contributed by atoms with Gasteiger partial charge in [-0.2, -0.15) is 0 Å². The van der Waals surface area contributed by atoms with E-state index in [1.54, 1.807) is 6.26 Å². The Morgan fingerprint density at radius 2 is 2.21 bits per heavy atom. The summed E-state index contributed by atoms with van der Waals surface area (Å²) in [5.74, 6) is 0.727. The van der Waals surface area contributed by atoms with Crippen LogP contribution in [0, 0.1) is 0 Å². The molecule has 108 valence electrons. The Balaban J connectivity index is 2.09. The molecule has 1 amide bonds. The number of furan rings is 1. The molecule has 3 N–H and O–H groups in total. The summed E-state index contributed by atoms with van der Waals surface area (Å²) < 4.78 is 10.6. The average molecular weight is 268 g/mol. The van der Waals surface area contributed by atoms with Crippen molar-refractivity contribution < 1.29 is 13.9 Å². The topological polar surface area (TPSA) is 77.5 Å². The van der Waals surface area contributed by atoms with Crippen molar-refractivity contribution in [2.75, 3.05) is 13.2 Å². The molecule has 1 heterocycles. The molecule has 0 radical (unpaired) electrons. The summed E-state index contributed by atoms with van der Waals surface area (Å²) in [6.07, 6.45) is 3.67. The molecule has 0 aliphatic carbocycles. The molecule has 1 rings (SSSR count). The number of ether oxygens (including phenoxy) is 1. The molecule has 5 heteroatoms. The molecule has 0 saturated carbocycles. The molecule has 0 aliphatic heterocycles. The highest BCUT2D eigenvalue weighted by atomic mass is 16.5. The molecule has 5 nitrogen and oxygen atoms in total. The maximum absolute atomic E-state index is 11.9. The van der Waals surface area contributed by atoms with Crippen LogP contribution >= 0.6 is 0 Å². The minimum atomic E-state index is -0.741. The largest absolute Gasteiger partial charge is 0.467 e. The van der Waals surface area contributed by atoms with E-state index in [9.17, 15) is 4.79 Å². The van der Waals surface area contributed by atoms with Crippen LogP contribution in [0.4, 0.5) is 0 Å². The maximum atomic E-state index is 11.9. The van der Waals surface area contributed by atoms with Crippen molar-refractivity contribution >= 4 is 5.91 Å². The van der Waals surface area contributed by atoms with E-state index in [1.165, 1.54) is 0 Å². The van der Waals surface area contributed by atoms with Crippen LogP contribution in [-0.4, -0.2) is 24.6 Å². The first kappa shape index (κ1) is 15.7. The summed E-state index contributed by atoms with van der Waals surface area (Å²) >= 11 is 0. The van der Waals surface area contributed by atoms with Gasteiger partial charge in [0.25, 0.3) is 0 Å². The van der Waals surface area contributed by atoms with Crippen molar-refractivity contribution in [3.05, 3.63) is 24.2 Å². The molecule has 0 spiro atoms. The summed E-state index contributed by atoms with van der Waals surface area (Å²) in [5.41, 5.74) is 5.25. The van der Waals surface area contributed by atoms with Gasteiger partial charge in [-0.05, 0) is 31.4 Å². The zero-order valence-electron chi connectivity index (χ0n) is 11.8. The number of nitrogens with two attached hydrogens (primary N) is 1. The number of rotatable bonds is 9.